The summed E-state index contributed by atoms with van der Waals surface area (Å²) < 4.78 is 28.3. The molecule has 3 rings (SSSR count). The second kappa shape index (κ2) is 7.50. The van der Waals surface area contributed by atoms with E-state index in [1.165, 1.54) is 4.31 Å². The van der Waals surface area contributed by atoms with Crippen molar-refractivity contribution in [2.24, 2.45) is 0 Å². The maximum Gasteiger partial charge on any atom is 0.253 e. The van der Waals surface area contributed by atoms with E-state index in [2.05, 4.69) is 26.1 Å². The Kier molecular flexibility index (Phi) is 5.50. The molecule has 1 amide bonds. The summed E-state index contributed by atoms with van der Waals surface area (Å²) >= 11 is 3.37. The van der Waals surface area contributed by atoms with Gasteiger partial charge in [0.05, 0.1) is 11.4 Å². The van der Waals surface area contributed by atoms with E-state index < -0.39 is 10.0 Å². The minimum Gasteiger partial charge on any atom is -0.337 e. The Bertz CT molecular complexity index is 906. The van der Waals surface area contributed by atoms with Crippen LogP contribution in [0.1, 0.15) is 28.2 Å². The Morgan fingerprint density at radius 3 is 2.62 bits per heavy atom. The van der Waals surface area contributed by atoms with Gasteiger partial charge in [-0.2, -0.15) is 9.40 Å². The Balaban J connectivity index is 1.77. The number of H-pyrrole nitrogens is 1. The Morgan fingerprint density at radius 2 is 1.96 bits per heavy atom. The van der Waals surface area contributed by atoms with Crippen LogP contribution in [0.15, 0.2) is 33.6 Å². The normalized spacial score (nSPS) is 16.5. The number of amides is 1. The van der Waals surface area contributed by atoms with Gasteiger partial charge in [0, 0.05) is 36.2 Å². The lowest BCUT2D eigenvalue weighted by Crippen LogP contribution is -2.37. The maximum absolute atomic E-state index is 13.0. The van der Waals surface area contributed by atoms with Gasteiger partial charge in [-0.25, -0.2) is 8.42 Å². The Morgan fingerprint density at radius 1 is 1.19 bits per heavy atom. The molecule has 26 heavy (non-hydrogen) atoms. The molecule has 0 bridgehead atoms. The van der Waals surface area contributed by atoms with Crippen LogP contribution in [0, 0.1) is 13.8 Å². The van der Waals surface area contributed by atoms with Gasteiger partial charge in [0.15, 0.2) is 0 Å². The third kappa shape index (κ3) is 3.70. The minimum absolute atomic E-state index is 0.0822. The molecule has 2 heterocycles. The molecule has 140 valence electrons. The first-order valence-electron chi connectivity index (χ1n) is 8.37. The van der Waals surface area contributed by atoms with Crippen molar-refractivity contribution in [3.63, 3.8) is 0 Å². The first-order chi connectivity index (χ1) is 12.3. The van der Waals surface area contributed by atoms with E-state index in [0.29, 0.717) is 43.0 Å². The number of halogens is 1. The lowest BCUT2D eigenvalue weighted by molar-refractivity contribution is 0.0764. The van der Waals surface area contributed by atoms with Crippen molar-refractivity contribution < 1.29 is 13.2 Å². The zero-order valence-electron chi connectivity index (χ0n) is 14.7. The Hall–Kier alpha value is -1.71. The first kappa shape index (κ1) is 19.1. The summed E-state index contributed by atoms with van der Waals surface area (Å²) in [4.78, 5) is 14.7. The van der Waals surface area contributed by atoms with Crippen LogP contribution in [-0.2, 0) is 10.0 Å². The van der Waals surface area contributed by atoms with Crippen LogP contribution in [-0.4, -0.2) is 59.9 Å². The fourth-order valence-electron chi connectivity index (χ4n) is 3.19. The molecule has 0 unspecified atom stereocenters. The molecule has 0 radical (unpaired) electrons. The summed E-state index contributed by atoms with van der Waals surface area (Å²) in [6.45, 7) is 4.92. The van der Waals surface area contributed by atoms with E-state index in [1.54, 1.807) is 30.9 Å². The molecule has 7 nitrogen and oxygen atoms in total. The molecule has 1 N–H and O–H groups in total. The summed E-state index contributed by atoms with van der Waals surface area (Å²) in [5.41, 5.74) is 1.60. The molecule has 1 aromatic heterocycles. The van der Waals surface area contributed by atoms with E-state index >= 15 is 0 Å². The molecular weight excluding hydrogens is 420 g/mol. The largest absolute Gasteiger partial charge is 0.337 e. The molecule has 0 aliphatic carbocycles. The lowest BCUT2D eigenvalue weighted by atomic mass is 10.2. The fraction of sp³-hybridized carbons (Fsp3) is 0.412. The van der Waals surface area contributed by atoms with Gasteiger partial charge in [-0.1, -0.05) is 22.0 Å². The van der Waals surface area contributed by atoms with Crippen molar-refractivity contribution in [1.29, 1.82) is 0 Å². The zero-order chi connectivity index (χ0) is 18.9. The van der Waals surface area contributed by atoms with Crippen molar-refractivity contribution in [1.82, 2.24) is 19.4 Å². The molecule has 0 spiro atoms. The van der Waals surface area contributed by atoms with Crippen LogP contribution in [0.2, 0.25) is 0 Å². The number of nitrogens with zero attached hydrogens (tertiary/aromatic N) is 3. The Labute approximate surface area is 161 Å². The topological polar surface area (TPSA) is 86.4 Å². The van der Waals surface area contributed by atoms with Crippen LogP contribution in [0.5, 0.6) is 0 Å². The molecule has 1 aliphatic rings. The van der Waals surface area contributed by atoms with E-state index in [1.807, 2.05) is 12.1 Å². The molecule has 2 aromatic rings. The number of nitrogens with one attached hydrogen (secondary N) is 1. The summed E-state index contributed by atoms with van der Waals surface area (Å²) in [6, 6.07) is 7.23. The monoisotopic (exact) mass is 440 g/mol. The number of aromatic amines is 1. The number of carbonyl (C=O) groups excluding carboxylic acids is 1. The SMILES string of the molecule is Cc1n[nH]c(C)c1S(=O)(=O)N1CCCN(C(=O)c2cccc(Br)c2)CC1. The lowest BCUT2D eigenvalue weighted by Gasteiger charge is -2.22. The quantitative estimate of drug-likeness (QED) is 0.792. The van der Waals surface area contributed by atoms with E-state index in [0.717, 1.165) is 4.47 Å². The van der Waals surface area contributed by atoms with Gasteiger partial charge < -0.3 is 4.90 Å². The predicted octanol–water partition coefficient (Wildman–Crippen LogP) is 2.33. The highest BCUT2D eigenvalue weighted by Gasteiger charge is 2.32. The first-order valence-corrected chi connectivity index (χ1v) is 10.6. The molecular formula is C17H21BrN4O3S. The van der Waals surface area contributed by atoms with Crippen molar-refractivity contribution in [2.45, 2.75) is 25.2 Å². The van der Waals surface area contributed by atoms with Gasteiger partial charge in [-0.05, 0) is 38.5 Å². The van der Waals surface area contributed by atoms with Gasteiger partial charge in [-0.15, -0.1) is 0 Å². The molecule has 0 saturated carbocycles. The zero-order valence-corrected chi connectivity index (χ0v) is 17.1. The number of sulfonamides is 1. The smallest absolute Gasteiger partial charge is 0.253 e. The van der Waals surface area contributed by atoms with Gasteiger partial charge in [-0.3, -0.25) is 9.89 Å². The summed E-state index contributed by atoms with van der Waals surface area (Å²) in [6.07, 6.45) is 0.592. The van der Waals surface area contributed by atoms with Crippen LogP contribution in [0.25, 0.3) is 0 Å². The van der Waals surface area contributed by atoms with E-state index in [4.69, 9.17) is 0 Å². The van der Waals surface area contributed by atoms with E-state index in [9.17, 15) is 13.2 Å². The standard InChI is InChI=1S/C17H21BrN4O3S/c1-12-16(13(2)20-19-12)26(24,25)22-8-4-7-21(9-10-22)17(23)14-5-3-6-15(18)11-14/h3,5-6,11H,4,7-10H2,1-2H3,(H,19,20). The summed E-state index contributed by atoms with van der Waals surface area (Å²) in [5, 5.41) is 6.72. The molecule has 1 fully saturated rings. The number of hydrogen-bond acceptors (Lipinski definition) is 4. The van der Waals surface area contributed by atoms with Crippen molar-refractivity contribution >= 4 is 31.9 Å². The number of rotatable bonds is 3. The number of carbonyl (C=O) groups is 1. The third-order valence-electron chi connectivity index (χ3n) is 4.47. The number of hydrogen-bond donors (Lipinski definition) is 1. The molecule has 0 atom stereocenters. The van der Waals surface area contributed by atoms with Crippen LogP contribution in [0.4, 0.5) is 0 Å². The number of aromatic nitrogens is 2. The van der Waals surface area contributed by atoms with Gasteiger partial charge in [0.1, 0.15) is 4.90 Å². The second-order valence-corrected chi connectivity index (χ2v) is 9.11. The number of benzene rings is 1. The minimum atomic E-state index is -3.63. The number of aryl methyl sites for hydroxylation is 2. The van der Waals surface area contributed by atoms with Crippen LogP contribution >= 0.6 is 15.9 Å². The van der Waals surface area contributed by atoms with Gasteiger partial charge in [0.2, 0.25) is 10.0 Å². The highest BCUT2D eigenvalue weighted by atomic mass is 79.9. The highest BCUT2D eigenvalue weighted by Crippen LogP contribution is 2.23. The third-order valence-corrected chi connectivity index (χ3v) is 7.13. The second-order valence-electron chi connectivity index (χ2n) is 6.32. The fourth-order valence-corrected chi connectivity index (χ4v) is 5.39. The van der Waals surface area contributed by atoms with Crippen LogP contribution < -0.4 is 0 Å². The molecule has 9 heteroatoms. The van der Waals surface area contributed by atoms with E-state index in [-0.39, 0.29) is 17.3 Å². The average molecular weight is 441 g/mol. The highest BCUT2D eigenvalue weighted by molar-refractivity contribution is 9.10. The van der Waals surface area contributed by atoms with Gasteiger partial charge in [0.25, 0.3) is 5.91 Å². The average Bonchev–Trinajstić information content (AvgIpc) is 2.81. The summed E-state index contributed by atoms with van der Waals surface area (Å²) in [5.74, 6) is -0.0822. The molecule has 1 aromatic carbocycles. The van der Waals surface area contributed by atoms with Crippen molar-refractivity contribution in [3.05, 3.63) is 45.7 Å². The molecule has 1 saturated heterocycles. The predicted molar refractivity (Wildman–Crippen MR) is 101 cm³/mol. The summed E-state index contributed by atoms with van der Waals surface area (Å²) in [7, 11) is -3.63. The van der Waals surface area contributed by atoms with Gasteiger partial charge >= 0.3 is 0 Å². The molecule has 1 aliphatic heterocycles. The van der Waals surface area contributed by atoms with Crippen molar-refractivity contribution in [3.8, 4) is 0 Å². The van der Waals surface area contributed by atoms with Crippen molar-refractivity contribution in [2.75, 3.05) is 26.2 Å². The maximum atomic E-state index is 13.0. The van der Waals surface area contributed by atoms with Crippen LogP contribution in [0.3, 0.4) is 0 Å².